The first-order valence-corrected chi connectivity index (χ1v) is 16.0. The molecule has 1 rings (SSSR count). The molecule has 0 amide bonds. The highest BCUT2D eigenvalue weighted by Crippen LogP contribution is 2.23. The Hall–Kier alpha value is -0.660. The molecule has 0 saturated heterocycles. The Morgan fingerprint density at radius 1 is 0.382 bits per heavy atom. The molecule has 0 fully saturated rings. The third-order valence-corrected chi connectivity index (χ3v) is 7.82. The molecule has 1 unspecified atom stereocenters. The fourth-order valence-electron chi connectivity index (χ4n) is 5.48. The van der Waals surface area contributed by atoms with Gasteiger partial charge >= 0.3 is 0 Å². The molecule has 1 heterocycles. The summed E-state index contributed by atoms with van der Waals surface area (Å²) < 4.78 is 0. The van der Waals surface area contributed by atoms with Crippen molar-refractivity contribution in [2.75, 3.05) is 13.1 Å². The summed E-state index contributed by atoms with van der Waals surface area (Å²) in [6.45, 7) is 9.44. The summed E-state index contributed by atoms with van der Waals surface area (Å²) in [5.74, 6) is 0. The van der Waals surface area contributed by atoms with E-state index in [1.807, 2.05) is 0 Å². The molecule has 2 nitrogen and oxygen atoms in total. The third kappa shape index (κ3) is 16.9. The average Bonchev–Trinajstić information content (AvgIpc) is 3.23. The number of rotatable bonds is 26. The van der Waals surface area contributed by atoms with Crippen molar-refractivity contribution in [1.29, 1.82) is 0 Å². The zero-order valence-corrected chi connectivity index (χ0v) is 24.0. The van der Waals surface area contributed by atoms with Crippen LogP contribution in [0, 0.1) is 0 Å². The standard InChI is InChI=1S/C32H64N2/c1-4-7-10-11-12-13-14-15-16-17-18-19-20-21-22-23-26-29-34-31-30-33(28-25-9-6-3)32(34)27-24-8-5-2/h30-32H,4-29H2,1-3H3. The molecule has 0 aliphatic carbocycles. The summed E-state index contributed by atoms with van der Waals surface area (Å²) in [5, 5.41) is 0. The van der Waals surface area contributed by atoms with E-state index in [2.05, 4.69) is 43.0 Å². The van der Waals surface area contributed by atoms with Gasteiger partial charge in [0.15, 0.2) is 0 Å². The smallest absolute Gasteiger partial charge is 0.101 e. The van der Waals surface area contributed by atoms with Crippen LogP contribution < -0.4 is 0 Å². The van der Waals surface area contributed by atoms with Crippen molar-refractivity contribution in [3.63, 3.8) is 0 Å². The lowest BCUT2D eigenvalue weighted by Crippen LogP contribution is -2.39. The van der Waals surface area contributed by atoms with Gasteiger partial charge in [-0.1, -0.05) is 149 Å². The third-order valence-electron chi connectivity index (χ3n) is 7.82. The highest BCUT2D eigenvalue weighted by molar-refractivity contribution is 4.96. The van der Waals surface area contributed by atoms with Gasteiger partial charge < -0.3 is 9.80 Å². The molecule has 0 aromatic carbocycles. The van der Waals surface area contributed by atoms with Gasteiger partial charge in [0.1, 0.15) is 6.17 Å². The first kappa shape index (κ1) is 31.4. The monoisotopic (exact) mass is 477 g/mol. The zero-order valence-electron chi connectivity index (χ0n) is 24.0. The minimum absolute atomic E-state index is 0.643. The molecule has 0 N–H and O–H groups in total. The lowest BCUT2D eigenvalue weighted by molar-refractivity contribution is 0.136. The quantitative estimate of drug-likeness (QED) is 0.114. The molecular formula is C32H64N2. The van der Waals surface area contributed by atoms with Gasteiger partial charge in [-0.2, -0.15) is 0 Å². The Bertz CT molecular complexity index is 433. The molecule has 1 atom stereocenters. The van der Waals surface area contributed by atoms with Gasteiger partial charge in [0.25, 0.3) is 0 Å². The first-order valence-electron chi connectivity index (χ1n) is 16.0. The van der Waals surface area contributed by atoms with E-state index < -0.39 is 0 Å². The van der Waals surface area contributed by atoms with E-state index in [1.165, 1.54) is 167 Å². The SMILES string of the molecule is CCCCCCCCCCCCCCCCCCCN1C=CN(CCCCC)C1CCCCC. The molecule has 0 spiro atoms. The Morgan fingerprint density at radius 3 is 1.09 bits per heavy atom. The summed E-state index contributed by atoms with van der Waals surface area (Å²) in [6.07, 6.45) is 39.6. The van der Waals surface area contributed by atoms with E-state index >= 15 is 0 Å². The van der Waals surface area contributed by atoms with Crippen LogP contribution >= 0.6 is 0 Å². The summed E-state index contributed by atoms with van der Waals surface area (Å²) >= 11 is 0. The van der Waals surface area contributed by atoms with Crippen LogP contribution in [0.4, 0.5) is 0 Å². The molecule has 0 bridgehead atoms. The fourth-order valence-corrected chi connectivity index (χ4v) is 5.48. The molecule has 0 radical (unpaired) electrons. The van der Waals surface area contributed by atoms with Crippen molar-refractivity contribution in [3.8, 4) is 0 Å². The zero-order chi connectivity index (χ0) is 24.5. The maximum Gasteiger partial charge on any atom is 0.101 e. The Morgan fingerprint density at radius 2 is 0.676 bits per heavy atom. The van der Waals surface area contributed by atoms with Crippen molar-refractivity contribution in [2.24, 2.45) is 0 Å². The van der Waals surface area contributed by atoms with Gasteiger partial charge in [0.2, 0.25) is 0 Å². The van der Waals surface area contributed by atoms with E-state index in [0.29, 0.717) is 6.17 Å². The molecule has 0 aromatic heterocycles. The van der Waals surface area contributed by atoms with Crippen LogP contribution in [0.1, 0.15) is 175 Å². The van der Waals surface area contributed by atoms with Crippen LogP contribution in [0.2, 0.25) is 0 Å². The molecule has 202 valence electrons. The predicted molar refractivity (Wildman–Crippen MR) is 154 cm³/mol. The lowest BCUT2D eigenvalue weighted by atomic mass is 10.0. The van der Waals surface area contributed by atoms with Crippen LogP contribution in [0.25, 0.3) is 0 Å². The van der Waals surface area contributed by atoms with Crippen molar-refractivity contribution < 1.29 is 0 Å². The highest BCUT2D eigenvalue weighted by atomic mass is 15.4. The number of hydrogen-bond acceptors (Lipinski definition) is 2. The number of unbranched alkanes of at least 4 members (excludes halogenated alkanes) is 20. The van der Waals surface area contributed by atoms with Crippen molar-refractivity contribution in [2.45, 2.75) is 181 Å². The van der Waals surface area contributed by atoms with E-state index in [9.17, 15) is 0 Å². The summed E-state index contributed by atoms with van der Waals surface area (Å²) in [4.78, 5) is 5.30. The molecule has 1 aliphatic rings. The summed E-state index contributed by atoms with van der Waals surface area (Å²) in [6, 6.07) is 0. The normalized spacial score (nSPS) is 15.7. The largest absolute Gasteiger partial charge is 0.356 e. The van der Waals surface area contributed by atoms with Crippen LogP contribution in [-0.2, 0) is 0 Å². The van der Waals surface area contributed by atoms with Gasteiger partial charge in [-0.05, 0) is 25.7 Å². The van der Waals surface area contributed by atoms with Crippen molar-refractivity contribution in [3.05, 3.63) is 12.4 Å². The molecule has 0 aromatic rings. The average molecular weight is 477 g/mol. The van der Waals surface area contributed by atoms with E-state index in [0.717, 1.165) is 0 Å². The van der Waals surface area contributed by atoms with Gasteiger partial charge in [-0.15, -0.1) is 0 Å². The highest BCUT2D eigenvalue weighted by Gasteiger charge is 2.24. The maximum atomic E-state index is 2.66. The minimum Gasteiger partial charge on any atom is -0.356 e. The number of hydrogen-bond donors (Lipinski definition) is 0. The van der Waals surface area contributed by atoms with Gasteiger partial charge in [0.05, 0.1) is 0 Å². The van der Waals surface area contributed by atoms with E-state index in [4.69, 9.17) is 0 Å². The van der Waals surface area contributed by atoms with E-state index in [1.54, 1.807) is 0 Å². The molecular weight excluding hydrogens is 412 g/mol. The Labute approximate surface area is 216 Å². The second-order valence-electron chi connectivity index (χ2n) is 11.1. The molecule has 1 aliphatic heterocycles. The Kier molecular flexibility index (Phi) is 22.2. The van der Waals surface area contributed by atoms with Crippen molar-refractivity contribution in [1.82, 2.24) is 9.80 Å². The van der Waals surface area contributed by atoms with Gasteiger partial charge in [0, 0.05) is 25.5 Å². The van der Waals surface area contributed by atoms with Gasteiger partial charge in [-0.3, -0.25) is 0 Å². The summed E-state index contributed by atoms with van der Waals surface area (Å²) in [5.41, 5.74) is 0. The first-order chi connectivity index (χ1) is 16.8. The van der Waals surface area contributed by atoms with Crippen LogP contribution in [0.5, 0.6) is 0 Å². The number of nitrogens with zero attached hydrogens (tertiary/aromatic N) is 2. The predicted octanol–water partition coefficient (Wildman–Crippen LogP) is 10.8. The maximum absolute atomic E-state index is 2.66. The molecule has 2 heteroatoms. The Balaban J connectivity index is 1.96. The van der Waals surface area contributed by atoms with Crippen LogP contribution in [-0.4, -0.2) is 29.1 Å². The fraction of sp³-hybridized carbons (Fsp3) is 0.938. The van der Waals surface area contributed by atoms with Crippen LogP contribution in [0.3, 0.4) is 0 Å². The topological polar surface area (TPSA) is 6.48 Å². The second kappa shape index (κ2) is 24.1. The van der Waals surface area contributed by atoms with Crippen LogP contribution in [0.15, 0.2) is 12.4 Å². The lowest BCUT2D eigenvalue weighted by Gasteiger charge is -2.33. The summed E-state index contributed by atoms with van der Waals surface area (Å²) in [7, 11) is 0. The molecule has 0 saturated carbocycles. The second-order valence-corrected chi connectivity index (χ2v) is 11.1. The van der Waals surface area contributed by atoms with E-state index in [-0.39, 0.29) is 0 Å². The van der Waals surface area contributed by atoms with Crippen molar-refractivity contribution >= 4 is 0 Å². The molecule has 34 heavy (non-hydrogen) atoms. The van der Waals surface area contributed by atoms with Gasteiger partial charge in [-0.25, -0.2) is 0 Å². The minimum atomic E-state index is 0.643.